The number of hydrogen-bond acceptors (Lipinski definition) is 5. The van der Waals surface area contributed by atoms with E-state index in [-0.39, 0.29) is 11.8 Å². The molecule has 1 aliphatic heterocycles. The molecule has 0 spiro atoms. The Morgan fingerprint density at radius 2 is 1.97 bits per heavy atom. The summed E-state index contributed by atoms with van der Waals surface area (Å²) in [7, 11) is 1.05. The number of carbonyl (C=O) groups is 1. The molecule has 0 bridgehead atoms. The van der Waals surface area contributed by atoms with Gasteiger partial charge in [-0.25, -0.2) is 9.97 Å². The number of hydrogen-bond donors (Lipinski definition) is 1. The quantitative estimate of drug-likeness (QED) is 0.622. The highest BCUT2D eigenvalue weighted by Gasteiger charge is 2.33. The number of nitrogen functional groups attached to an aromatic ring is 1. The number of fused-ring (bicyclic) bond motifs is 1. The van der Waals surface area contributed by atoms with Crippen LogP contribution in [0.3, 0.4) is 0 Å². The van der Waals surface area contributed by atoms with Gasteiger partial charge >= 0.3 is 0 Å². The molecule has 31 heavy (non-hydrogen) atoms. The minimum Gasteiger partial charge on any atom is -0.383 e. The van der Waals surface area contributed by atoms with Crippen LogP contribution in [-0.4, -0.2) is 47.9 Å². The summed E-state index contributed by atoms with van der Waals surface area (Å²) >= 11 is 0. The highest BCUT2D eigenvalue weighted by molar-refractivity contribution is 7.86. The summed E-state index contributed by atoms with van der Waals surface area (Å²) in [6, 6.07) is 7.94. The van der Waals surface area contributed by atoms with Crippen LogP contribution in [0.2, 0.25) is 0 Å². The van der Waals surface area contributed by atoms with E-state index < -0.39 is 10.8 Å². The lowest BCUT2D eigenvalue weighted by Gasteiger charge is -2.17. The van der Waals surface area contributed by atoms with Crippen molar-refractivity contribution >= 4 is 33.6 Å². The lowest BCUT2D eigenvalue weighted by molar-refractivity contribution is -0.125. The Morgan fingerprint density at radius 3 is 2.65 bits per heavy atom. The monoisotopic (exact) mass is 435 g/mol. The summed E-state index contributed by atoms with van der Waals surface area (Å²) < 4.78 is 14.6. The number of aryl methyl sites for hydroxylation is 1. The van der Waals surface area contributed by atoms with Gasteiger partial charge in [-0.3, -0.25) is 9.00 Å². The second-order valence-electron chi connectivity index (χ2n) is 8.27. The number of anilines is 1. The van der Waals surface area contributed by atoms with Gasteiger partial charge in [0.05, 0.1) is 16.2 Å². The number of rotatable bonds is 5. The second-order valence-corrected chi connectivity index (χ2v) is 10.0. The normalized spacial score (nSPS) is 19.6. The average molecular weight is 436 g/mol. The number of carbonyl (C=O) groups excluding carboxylic acids is 1. The van der Waals surface area contributed by atoms with Crippen molar-refractivity contribution in [2.24, 2.45) is 7.05 Å². The van der Waals surface area contributed by atoms with E-state index in [1.165, 1.54) is 12.4 Å². The van der Waals surface area contributed by atoms with Gasteiger partial charge in [-0.2, -0.15) is 0 Å². The van der Waals surface area contributed by atoms with Crippen LogP contribution in [0, 0.1) is 0 Å². The van der Waals surface area contributed by atoms with Crippen molar-refractivity contribution in [3.8, 4) is 11.1 Å². The van der Waals surface area contributed by atoms with Gasteiger partial charge in [0.25, 0.3) is 0 Å². The summed E-state index contributed by atoms with van der Waals surface area (Å²) in [5.41, 5.74) is 10.2. The Labute approximate surface area is 183 Å². The molecular formula is C23H25N5O2S. The standard InChI is InChI=1S/C23H25N5O2S/c1-3-18(29)28-11-10-15(12-28)21-19(20-22(24)25-13-26-23(20)27(21)2)14-4-6-16(7-5-14)31(30)17-8-9-17/h3-7,13,15,17H,1,8-12H2,2H3,(H2,24,25,26). The fourth-order valence-corrected chi connectivity index (χ4v) is 5.96. The highest BCUT2D eigenvalue weighted by atomic mass is 32.2. The van der Waals surface area contributed by atoms with Crippen LogP contribution in [0.15, 0.2) is 48.1 Å². The van der Waals surface area contributed by atoms with Gasteiger partial charge in [0.2, 0.25) is 5.91 Å². The third kappa shape index (κ3) is 3.35. The van der Waals surface area contributed by atoms with Crippen molar-refractivity contribution in [3.05, 3.63) is 48.9 Å². The van der Waals surface area contributed by atoms with E-state index in [0.29, 0.717) is 24.2 Å². The molecular weight excluding hydrogens is 410 g/mol. The molecule has 2 aliphatic rings. The lowest BCUT2D eigenvalue weighted by Crippen LogP contribution is -2.26. The molecule has 3 aromatic rings. The van der Waals surface area contributed by atoms with Crippen LogP contribution >= 0.6 is 0 Å². The summed E-state index contributed by atoms with van der Waals surface area (Å²) in [5, 5.41) is 1.12. The minimum absolute atomic E-state index is 0.0472. The minimum atomic E-state index is -0.942. The first kappa shape index (κ1) is 19.9. The summed E-state index contributed by atoms with van der Waals surface area (Å²) in [5.74, 6) is 0.538. The molecule has 2 aromatic heterocycles. The van der Waals surface area contributed by atoms with Crippen LogP contribution < -0.4 is 5.73 Å². The first-order valence-electron chi connectivity index (χ1n) is 10.5. The van der Waals surface area contributed by atoms with Crippen molar-refractivity contribution in [3.63, 3.8) is 0 Å². The molecule has 1 saturated carbocycles. The van der Waals surface area contributed by atoms with E-state index in [1.54, 1.807) is 0 Å². The average Bonchev–Trinajstić information content (AvgIpc) is 3.45. The number of nitrogens with two attached hydrogens (primary N) is 1. The van der Waals surface area contributed by atoms with Gasteiger partial charge in [-0.05, 0) is 43.0 Å². The molecule has 1 aliphatic carbocycles. The third-order valence-electron chi connectivity index (χ3n) is 6.31. The van der Waals surface area contributed by atoms with Gasteiger partial charge in [0.15, 0.2) is 0 Å². The van der Waals surface area contributed by atoms with E-state index in [1.807, 2.05) is 36.2 Å². The molecule has 2 unspecified atom stereocenters. The first-order chi connectivity index (χ1) is 15.0. The van der Waals surface area contributed by atoms with E-state index in [9.17, 15) is 9.00 Å². The number of benzene rings is 1. The van der Waals surface area contributed by atoms with Gasteiger partial charge in [0, 0.05) is 47.5 Å². The van der Waals surface area contributed by atoms with Gasteiger partial charge in [-0.15, -0.1) is 0 Å². The molecule has 160 valence electrons. The Kier molecular flexibility index (Phi) is 4.89. The van der Waals surface area contributed by atoms with Gasteiger partial charge in [0.1, 0.15) is 17.8 Å². The predicted octanol–water partition coefficient (Wildman–Crippen LogP) is 2.99. The number of likely N-dealkylation sites (tertiary alicyclic amines) is 1. The molecule has 1 saturated heterocycles. The Hall–Kier alpha value is -3.00. The molecule has 2 N–H and O–H groups in total. The van der Waals surface area contributed by atoms with E-state index >= 15 is 0 Å². The summed E-state index contributed by atoms with van der Waals surface area (Å²) in [4.78, 5) is 23.6. The maximum Gasteiger partial charge on any atom is 0.245 e. The van der Waals surface area contributed by atoms with Crippen LogP contribution in [0.4, 0.5) is 5.82 Å². The number of nitrogens with zero attached hydrogens (tertiary/aromatic N) is 4. The molecule has 7 nitrogen and oxygen atoms in total. The molecule has 3 heterocycles. The van der Waals surface area contributed by atoms with Crippen molar-refractivity contribution in [2.45, 2.75) is 35.3 Å². The fourth-order valence-electron chi connectivity index (χ4n) is 4.61. The molecule has 8 heteroatoms. The zero-order chi connectivity index (χ0) is 21.7. The Bertz CT molecular complexity index is 1210. The first-order valence-corrected chi connectivity index (χ1v) is 11.7. The Balaban J connectivity index is 1.63. The number of amides is 1. The topological polar surface area (TPSA) is 94.1 Å². The molecule has 2 atom stereocenters. The zero-order valence-electron chi connectivity index (χ0n) is 17.5. The number of aromatic nitrogens is 3. The van der Waals surface area contributed by atoms with Crippen LogP contribution in [0.25, 0.3) is 22.2 Å². The van der Waals surface area contributed by atoms with E-state index in [2.05, 4.69) is 21.1 Å². The van der Waals surface area contributed by atoms with Crippen LogP contribution in [-0.2, 0) is 22.6 Å². The lowest BCUT2D eigenvalue weighted by atomic mass is 9.94. The van der Waals surface area contributed by atoms with Crippen molar-refractivity contribution in [1.82, 2.24) is 19.4 Å². The summed E-state index contributed by atoms with van der Waals surface area (Å²) in [6.07, 6.45) is 5.78. The summed E-state index contributed by atoms with van der Waals surface area (Å²) in [6.45, 7) is 4.93. The fraction of sp³-hybridized carbons (Fsp3) is 0.348. The van der Waals surface area contributed by atoms with E-state index in [0.717, 1.165) is 52.0 Å². The van der Waals surface area contributed by atoms with Crippen molar-refractivity contribution in [2.75, 3.05) is 18.8 Å². The van der Waals surface area contributed by atoms with Crippen LogP contribution in [0.1, 0.15) is 30.9 Å². The second kappa shape index (κ2) is 7.60. The molecule has 1 amide bonds. The zero-order valence-corrected chi connectivity index (χ0v) is 18.3. The van der Waals surface area contributed by atoms with Crippen LogP contribution in [0.5, 0.6) is 0 Å². The highest BCUT2D eigenvalue weighted by Crippen LogP contribution is 2.42. The van der Waals surface area contributed by atoms with Crippen molar-refractivity contribution in [1.29, 1.82) is 0 Å². The maximum absolute atomic E-state index is 12.6. The third-order valence-corrected chi connectivity index (χ3v) is 8.12. The molecule has 5 rings (SSSR count). The van der Waals surface area contributed by atoms with Gasteiger partial charge < -0.3 is 15.2 Å². The largest absolute Gasteiger partial charge is 0.383 e. The maximum atomic E-state index is 12.6. The molecule has 0 radical (unpaired) electrons. The van der Waals surface area contributed by atoms with Crippen molar-refractivity contribution < 1.29 is 9.00 Å². The van der Waals surface area contributed by atoms with Gasteiger partial charge in [-0.1, -0.05) is 18.7 Å². The smallest absolute Gasteiger partial charge is 0.245 e. The Morgan fingerprint density at radius 1 is 1.23 bits per heavy atom. The molecule has 1 aromatic carbocycles. The SMILES string of the molecule is C=CC(=O)N1CCC(c2c(-c3ccc(S(=O)C4CC4)cc3)c3c(N)ncnc3n2C)C1. The molecule has 2 fully saturated rings. The predicted molar refractivity (Wildman–Crippen MR) is 122 cm³/mol. The van der Waals surface area contributed by atoms with E-state index in [4.69, 9.17) is 5.73 Å².